The number of hydrogen-bond donors (Lipinski definition) is 0. The van der Waals surface area contributed by atoms with Gasteiger partial charge in [0, 0.05) is 44.1 Å². The van der Waals surface area contributed by atoms with Crippen molar-refractivity contribution in [3.05, 3.63) is 24.0 Å². The van der Waals surface area contributed by atoms with Crippen molar-refractivity contribution in [2.24, 2.45) is 0 Å². The largest absolute Gasteiger partial charge is 0.379 e. The summed E-state index contributed by atoms with van der Waals surface area (Å²) < 4.78 is 10.9. The minimum absolute atomic E-state index is 0.412. The summed E-state index contributed by atoms with van der Waals surface area (Å²) >= 11 is 0. The van der Waals surface area contributed by atoms with Gasteiger partial charge < -0.3 is 14.2 Å². The first kappa shape index (κ1) is 17.4. The number of rotatable bonds is 4. The smallest absolute Gasteiger partial charge is 0.266 e. The highest BCUT2D eigenvalue weighted by Crippen LogP contribution is 2.24. The SMILES string of the molecule is CC(C)c1ccc(-c2nc(N3CCC(N4CCOCC4)CC3)no2)cn1. The van der Waals surface area contributed by atoms with Gasteiger partial charge in [0.25, 0.3) is 11.8 Å². The summed E-state index contributed by atoms with van der Waals surface area (Å²) in [5.41, 5.74) is 1.94. The van der Waals surface area contributed by atoms with Crippen LogP contribution in [0.5, 0.6) is 0 Å². The van der Waals surface area contributed by atoms with Crippen molar-refractivity contribution in [3.8, 4) is 11.5 Å². The average molecular weight is 357 g/mol. The lowest BCUT2D eigenvalue weighted by atomic mass is 10.0. The third-order valence-corrected chi connectivity index (χ3v) is 5.35. The molecule has 0 aliphatic carbocycles. The van der Waals surface area contributed by atoms with E-state index in [4.69, 9.17) is 9.26 Å². The van der Waals surface area contributed by atoms with Gasteiger partial charge in [0.2, 0.25) is 0 Å². The normalized spacial score (nSPS) is 20.0. The Bertz CT molecular complexity index is 701. The van der Waals surface area contributed by atoms with Crippen LogP contribution < -0.4 is 4.90 Å². The Balaban J connectivity index is 1.37. The summed E-state index contributed by atoms with van der Waals surface area (Å²) in [5, 5.41) is 4.19. The molecule has 2 aromatic rings. The van der Waals surface area contributed by atoms with E-state index >= 15 is 0 Å². The van der Waals surface area contributed by atoms with E-state index in [1.807, 2.05) is 18.3 Å². The molecule has 4 rings (SSSR count). The molecule has 0 bridgehead atoms. The van der Waals surface area contributed by atoms with E-state index < -0.39 is 0 Å². The van der Waals surface area contributed by atoms with Crippen molar-refractivity contribution in [3.63, 3.8) is 0 Å². The van der Waals surface area contributed by atoms with Crippen LogP contribution in [0.1, 0.15) is 38.3 Å². The lowest BCUT2D eigenvalue weighted by molar-refractivity contribution is 0.0114. The van der Waals surface area contributed by atoms with E-state index in [9.17, 15) is 0 Å². The van der Waals surface area contributed by atoms with Crippen LogP contribution in [0.2, 0.25) is 0 Å². The second-order valence-corrected chi connectivity index (χ2v) is 7.39. The minimum atomic E-state index is 0.412. The third kappa shape index (κ3) is 3.73. The Kier molecular flexibility index (Phi) is 5.17. The summed E-state index contributed by atoms with van der Waals surface area (Å²) in [6.45, 7) is 10.0. The van der Waals surface area contributed by atoms with Crippen LogP contribution in [-0.4, -0.2) is 65.5 Å². The highest BCUT2D eigenvalue weighted by atomic mass is 16.5. The van der Waals surface area contributed by atoms with Crippen molar-refractivity contribution in [1.29, 1.82) is 0 Å². The van der Waals surface area contributed by atoms with Gasteiger partial charge in [-0.2, -0.15) is 4.98 Å². The van der Waals surface area contributed by atoms with Gasteiger partial charge in [-0.05, 0) is 36.0 Å². The second-order valence-electron chi connectivity index (χ2n) is 7.39. The fraction of sp³-hybridized carbons (Fsp3) is 0.632. The lowest BCUT2D eigenvalue weighted by Crippen LogP contribution is -2.49. The van der Waals surface area contributed by atoms with Crippen LogP contribution in [0.25, 0.3) is 11.5 Å². The molecule has 26 heavy (non-hydrogen) atoms. The fourth-order valence-electron chi connectivity index (χ4n) is 3.71. The molecule has 2 saturated heterocycles. The van der Waals surface area contributed by atoms with Gasteiger partial charge in [0.05, 0.1) is 18.8 Å². The van der Waals surface area contributed by atoms with E-state index in [1.54, 1.807) is 0 Å². The summed E-state index contributed by atoms with van der Waals surface area (Å²) in [5.74, 6) is 1.64. The first-order valence-corrected chi connectivity index (χ1v) is 9.57. The van der Waals surface area contributed by atoms with Gasteiger partial charge in [-0.15, -0.1) is 0 Å². The minimum Gasteiger partial charge on any atom is -0.379 e. The molecule has 0 spiro atoms. The van der Waals surface area contributed by atoms with Crippen molar-refractivity contribution < 1.29 is 9.26 Å². The summed E-state index contributed by atoms with van der Waals surface area (Å²) in [6.07, 6.45) is 4.08. The highest BCUT2D eigenvalue weighted by molar-refractivity contribution is 5.53. The van der Waals surface area contributed by atoms with Gasteiger partial charge in [-0.3, -0.25) is 9.88 Å². The number of morpholine rings is 1. The number of nitrogens with zero attached hydrogens (tertiary/aromatic N) is 5. The molecule has 0 amide bonds. The van der Waals surface area contributed by atoms with Crippen LogP contribution in [0.3, 0.4) is 0 Å². The molecule has 0 aromatic carbocycles. The summed E-state index contributed by atoms with van der Waals surface area (Å²) in [7, 11) is 0. The van der Waals surface area contributed by atoms with Crippen LogP contribution in [0, 0.1) is 0 Å². The van der Waals surface area contributed by atoms with Crippen molar-refractivity contribution >= 4 is 5.95 Å². The number of piperidine rings is 1. The van der Waals surface area contributed by atoms with E-state index in [1.165, 1.54) is 0 Å². The van der Waals surface area contributed by atoms with Crippen LogP contribution in [-0.2, 0) is 4.74 Å². The maximum absolute atomic E-state index is 5.48. The third-order valence-electron chi connectivity index (χ3n) is 5.35. The first-order valence-electron chi connectivity index (χ1n) is 9.57. The average Bonchev–Trinajstić information content (AvgIpc) is 3.19. The molecule has 0 N–H and O–H groups in total. The zero-order valence-electron chi connectivity index (χ0n) is 15.6. The number of ether oxygens (including phenoxy) is 1. The Morgan fingerprint density at radius 2 is 1.85 bits per heavy atom. The Morgan fingerprint density at radius 3 is 2.50 bits per heavy atom. The summed E-state index contributed by atoms with van der Waals surface area (Å²) in [6, 6.07) is 4.68. The summed E-state index contributed by atoms with van der Waals surface area (Å²) in [4.78, 5) is 13.9. The Labute approximate surface area is 154 Å². The molecule has 0 atom stereocenters. The highest BCUT2D eigenvalue weighted by Gasteiger charge is 2.27. The van der Waals surface area contributed by atoms with E-state index in [-0.39, 0.29) is 0 Å². The Morgan fingerprint density at radius 1 is 1.08 bits per heavy atom. The molecule has 2 aromatic heterocycles. The van der Waals surface area contributed by atoms with E-state index in [2.05, 4.69) is 38.8 Å². The maximum Gasteiger partial charge on any atom is 0.266 e. The predicted molar refractivity (Wildman–Crippen MR) is 99.2 cm³/mol. The maximum atomic E-state index is 5.48. The van der Waals surface area contributed by atoms with E-state index in [0.29, 0.717) is 23.8 Å². The van der Waals surface area contributed by atoms with Crippen LogP contribution in [0.4, 0.5) is 5.95 Å². The molecule has 4 heterocycles. The van der Waals surface area contributed by atoms with Crippen LogP contribution >= 0.6 is 0 Å². The number of hydrogen-bond acceptors (Lipinski definition) is 7. The molecule has 140 valence electrons. The van der Waals surface area contributed by atoms with Gasteiger partial charge in [0.15, 0.2) is 0 Å². The zero-order chi connectivity index (χ0) is 17.9. The monoisotopic (exact) mass is 357 g/mol. The first-order chi connectivity index (χ1) is 12.7. The lowest BCUT2D eigenvalue weighted by Gasteiger charge is -2.39. The fourth-order valence-corrected chi connectivity index (χ4v) is 3.71. The van der Waals surface area contributed by atoms with E-state index in [0.717, 1.165) is 63.5 Å². The Hall–Kier alpha value is -1.99. The molecule has 2 aliphatic heterocycles. The molecule has 7 heteroatoms. The van der Waals surface area contributed by atoms with Gasteiger partial charge in [-0.1, -0.05) is 13.8 Å². The van der Waals surface area contributed by atoms with Crippen molar-refractivity contribution in [2.75, 3.05) is 44.3 Å². The number of pyridine rings is 1. The van der Waals surface area contributed by atoms with Crippen molar-refractivity contribution in [1.82, 2.24) is 20.0 Å². The zero-order valence-corrected chi connectivity index (χ0v) is 15.6. The predicted octanol–water partition coefficient (Wildman–Crippen LogP) is 2.56. The second kappa shape index (κ2) is 7.72. The molecule has 7 nitrogen and oxygen atoms in total. The molecular formula is C19H27N5O2. The molecule has 2 fully saturated rings. The topological polar surface area (TPSA) is 67.5 Å². The standard InChI is InChI=1S/C19H27N5O2/c1-14(2)17-4-3-15(13-20-17)18-21-19(22-26-18)24-7-5-16(6-8-24)23-9-11-25-12-10-23/h3-4,13-14,16H,5-12H2,1-2H3. The molecule has 2 aliphatic rings. The number of anilines is 1. The van der Waals surface area contributed by atoms with Crippen molar-refractivity contribution in [2.45, 2.75) is 38.6 Å². The van der Waals surface area contributed by atoms with Crippen LogP contribution in [0.15, 0.2) is 22.9 Å². The van der Waals surface area contributed by atoms with Gasteiger partial charge >= 0.3 is 0 Å². The van der Waals surface area contributed by atoms with Gasteiger partial charge in [0.1, 0.15) is 0 Å². The number of aromatic nitrogens is 3. The molecule has 0 saturated carbocycles. The molecule has 0 unspecified atom stereocenters. The quantitative estimate of drug-likeness (QED) is 0.833. The molecule has 0 radical (unpaired) electrons. The van der Waals surface area contributed by atoms with Gasteiger partial charge in [-0.25, -0.2) is 0 Å². The molecular weight excluding hydrogens is 330 g/mol.